The summed E-state index contributed by atoms with van der Waals surface area (Å²) in [7, 11) is 1.61. The quantitative estimate of drug-likeness (QED) is 0.671. The zero-order chi connectivity index (χ0) is 13.4. The van der Waals surface area contributed by atoms with Gasteiger partial charge in [-0.2, -0.15) is 5.10 Å². The number of H-pyrrole nitrogens is 2. The number of carboxylic acid groups (broad SMARTS) is 1. The van der Waals surface area contributed by atoms with Crippen molar-refractivity contribution in [1.82, 2.24) is 15.2 Å². The highest BCUT2D eigenvalue weighted by molar-refractivity contribution is 5.96. The lowest BCUT2D eigenvalue weighted by molar-refractivity contribution is 0.0690. The third-order valence-corrected chi connectivity index (χ3v) is 2.97. The van der Waals surface area contributed by atoms with Gasteiger partial charge in [0.15, 0.2) is 0 Å². The second-order valence-electron chi connectivity index (χ2n) is 4.09. The fourth-order valence-electron chi connectivity index (χ4n) is 2.01. The van der Waals surface area contributed by atoms with Crippen LogP contribution in [0.4, 0.5) is 0 Å². The Kier molecular flexibility index (Phi) is 2.49. The topological polar surface area (TPSA) is 91.0 Å². The van der Waals surface area contributed by atoms with Crippen LogP contribution >= 0.6 is 0 Å². The van der Waals surface area contributed by atoms with Gasteiger partial charge in [-0.05, 0) is 18.2 Å². The second kappa shape index (κ2) is 4.16. The fraction of sp³-hybridized carbons (Fsp3) is 0.0769. The van der Waals surface area contributed by atoms with Crippen LogP contribution in [-0.4, -0.2) is 33.4 Å². The number of carboxylic acids is 1. The predicted octanol–water partition coefficient (Wildman–Crippen LogP) is 2.26. The number of aromatic nitrogens is 3. The molecule has 2 aromatic heterocycles. The molecule has 0 aliphatic heterocycles. The molecule has 3 N–H and O–H groups in total. The number of hydrogen-bond acceptors (Lipinski definition) is 3. The molecule has 2 heterocycles. The Bertz CT molecular complexity index is 757. The van der Waals surface area contributed by atoms with Crippen molar-refractivity contribution in [3.05, 3.63) is 36.2 Å². The van der Waals surface area contributed by atoms with Gasteiger partial charge < -0.3 is 14.8 Å². The number of ether oxygens (including phenoxy) is 1. The maximum absolute atomic E-state index is 10.8. The van der Waals surface area contributed by atoms with E-state index in [1.54, 1.807) is 13.3 Å². The molecule has 0 radical (unpaired) electrons. The lowest BCUT2D eigenvalue weighted by Crippen LogP contribution is -1.95. The van der Waals surface area contributed by atoms with Gasteiger partial charge in [-0.3, -0.25) is 5.10 Å². The van der Waals surface area contributed by atoms with Crippen LogP contribution in [0.2, 0.25) is 0 Å². The summed E-state index contributed by atoms with van der Waals surface area (Å²) in [6.45, 7) is 0. The number of methoxy groups -OCH3 is 1. The molecular weight excluding hydrogens is 246 g/mol. The minimum absolute atomic E-state index is 0.0675. The highest BCUT2D eigenvalue weighted by Crippen LogP contribution is 2.29. The van der Waals surface area contributed by atoms with E-state index in [1.807, 2.05) is 18.2 Å². The summed E-state index contributed by atoms with van der Waals surface area (Å²) < 4.78 is 5.15. The Morgan fingerprint density at radius 3 is 2.89 bits per heavy atom. The molecule has 0 saturated carbocycles. The van der Waals surface area contributed by atoms with E-state index in [4.69, 9.17) is 9.84 Å². The highest BCUT2D eigenvalue weighted by Gasteiger charge is 2.13. The summed E-state index contributed by atoms with van der Waals surface area (Å²) in [5.74, 6) is -0.269. The largest absolute Gasteiger partial charge is 0.497 e. The monoisotopic (exact) mass is 257 g/mol. The minimum atomic E-state index is -1.03. The number of carbonyl (C=O) groups is 1. The van der Waals surface area contributed by atoms with Gasteiger partial charge in [0.05, 0.1) is 12.8 Å². The first-order valence-electron chi connectivity index (χ1n) is 5.63. The van der Waals surface area contributed by atoms with E-state index >= 15 is 0 Å². The Balaban J connectivity index is 2.11. The molecule has 19 heavy (non-hydrogen) atoms. The molecule has 0 unspecified atom stereocenters. The maximum atomic E-state index is 10.8. The normalized spacial score (nSPS) is 10.8. The number of fused-ring (bicyclic) bond motifs is 1. The number of nitrogens with one attached hydrogen (secondary N) is 2. The Morgan fingerprint density at radius 2 is 2.21 bits per heavy atom. The van der Waals surface area contributed by atoms with Crippen molar-refractivity contribution in [3.8, 4) is 17.0 Å². The molecule has 6 nitrogen and oxygen atoms in total. The van der Waals surface area contributed by atoms with Crippen molar-refractivity contribution in [3.63, 3.8) is 0 Å². The third kappa shape index (κ3) is 1.83. The molecule has 3 rings (SSSR count). The van der Waals surface area contributed by atoms with Gasteiger partial charge in [0.2, 0.25) is 0 Å². The molecule has 0 aliphatic carbocycles. The van der Waals surface area contributed by atoms with Crippen LogP contribution in [-0.2, 0) is 0 Å². The first-order valence-corrected chi connectivity index (χ1v) is 5.63. The molecule has 1 aromatic carbocycles. The molecule has 0 atom stereocenters. The third-order valence-electron chi connectivity index (χ3n) is 2.97. The van der Waals surface area contributed by atoms with E-state index in [-0.39, 0.29) is 5.69 Å². The van der Waals surface area contributed by atoms with Gasteiger partial charge in [-0.15, -0.1) is 0 Å². The van der Waals surface area contributed by atoms with Crippen LogP contribution < -0.4 is 4.74 Å². The summed E-state index contributed by atoms with van der Waals surface area (Å²) in [6.07, 6.45) is 1.80. The number of hydrogen-bond donors (Lipinski definition) is 3. The average molecular weight is 257 g/mol. The molecule has 96 valence electrons. The summed E-state index contributed by atoms with van der Waals surface area (Å²) in [5.41, 5.74) is 2.42. The van der Waals surface area contributed by atoms with Crippen molar-refractivity contribution in [1.29, 1.82) is 0 Å². The van der Waals surface area contributed by atoms with Crippen LogP contribution in [0, 0.1) is 0 Å². The molecule has 0 spiro atoms. The molecule has 0 bridgehead atoms. The highest BCUT2D eigenvalue weighted by atomic mass is 16.5. The van der Waals surface area contributed by atoms with Crippen molar-refractivity contribution < 1.29 is 14.6 Å². The van der Waals surface area contributed by atoms with E-state index in [1.165, 1.54) is 6.07 Å². The zero-order valence-corrected chi connectivity index (χ0v) is 10.1. The van der Waals surface area contributed by atoms with E-state index < -0.39 is 5.97 Å². The molecule has 3 aromatic rings. The van der Waals surface area contributed by atoms with Gasteiger partial charge in [0, 0.05) is 28.7 Å². The number of aromatic carboxylic acids is 1. The zero-order valence-electron chi connectivity index (χ0n) is 10.1. The number of nitrogens with zero attached hydrogens (tertiary/aromatic N) is 1. The first kappa shape index (κ1) is 11.3. The number of aromatic amines is 2. The Hall–Kier alpha value is -2.76. The van der Waals surface area contributed by atoms with Gasteiger partial charge in [0.25, 0.3) is 0 Å². The van der Waals surface area contributed by atoms with Crippen LogP contribution in [0.25, 0.3) is 22.2 Å². The number of rotatable bonds is 3. The minimum Gasteiger partial charge on any atom is -0.497 e. The average Bonchev–Trinajstić information content (AvgIpc) is 3.03. The maximum Gasteiger partial charge on any atom is 0.353 e. The standard InChI is InChI=1S/C13H11N3O3/c1-19-7-2-3-8-9(6-14-10(8)4-7)11-5-12(13(17)18)16-15-11/h2-6,14H,1H3,(H,15,16)(H,17,18). The molecule has 6 heteroatoms. The summed E-state index contributed by atoms with van der Waals surface area (Å²) in [6, 6.07) is 7.15. The summed E-state index contributed by atoms with van der Waals surface area (Å²) >= 11 is 0. The molecule has 0 aliphatic rings. The Morgan fingerprint density at radius 1 is 1.37 bits per heavy atom. The van der Waals surface area contributed by atoms with Crippen LogP contribution in [0.15, 0.2) is 30.5 Å². The molecule has 0 saturated heterocycles. The van der Waals surface area contributed by atoms with Gasteiger partial charge in [0.1, 0.15) is 11.4 Å². The fourth-order valence-corrected chi connectivity index (χ4v) is 2.01. The summed E-state index contributed by atoms with van der Waals surface area (Å²) in [5, 5.41) is 16.4. The first-order chi connectivity index (χ1) is 9.19. The molecular formula is C13H11N3O3. The van der Waals surface area contributed by atoms with Crippen LogP contribution in [0.1, 0.15) is 10.5 Å². The second-order valence-corrected chi connectivity index (χ2v) is 4.09. The van der Waals surface area contributed by atoms with Gasteiger partial charge in [-0.1, -0.05) is 0 Å². The van der Waals surface area contributed by atoms with E-state index in [2.05, 4.69) is 15.2 Å². The lowest BCUT2D eigenvalue weighted by Gasteiger charge is -1.99. The lowest BCUT2D eigenvalue weighted by atomic mass is 10.1. The molecule has 0 amide bonds. The van der Waals surface area contributed by atoms with Crippen molar-refractivity contribution in [2.45, 2.75) is 0 Å². The summed E-state index contributed by atoms with van der Waals surface area (Å²) in [4.78, 5) is 14.0. The van der Waals surface area contributed by atoms with Crippen LogP contribution in [0.5, 0.6) is 5.75 Å². The number of benzene rings is 1. The van der Waals surface area contributed by atoms with E-state index in [0.29, 0.717) is 5.69 Å². The van der Waals surface area contributed by atoms with Crippen molar-refractivity contribution >= 4 is 16.9 Å². The predicted molar refractivity (Wildman–Crippen MR) is 69.4 cm³/mol. The van der Waals surface area contributed by atoms with Gasteiger partial charge >= 0.3 is 5.97 Å². The van der Waals surface area contributed by atoms with Gasteiger partial charge in [-0.25, -0.2) is 4.79 Å². The SMILES string of the molecule is COc1ccc2c(-c3cc(C(=O)O)[nH]n3)c[nH]c2c1. The van der Waals surface area contributed by atoms with E-state index in [9.17, 15) is 4.79 Å². The van der Waals surface area contributed by atoms with E-state index in [0.717, 1.165) is 22.2 Å². The Labute approximate surface area is 108 Å². The van der Waals surface area contributed by atoms with Crippen LogP contribution in [0.3, 0.4) is 0 Å². The van der Waals surface area contributed by atoms with Crippen molar-refractivity contribution in [2.24, 2.45) is 0 Å². The molecule has 0 fully saturated rings. The smallest absolute Gasteiger partial charge is 0.353 e. The van der Waals surface area contributed by atoms with Crippen molar-refractivity contribution in [2.75, 3.05) is 7.11 Å².